The first-order valence-electron chi connectivity index (χ1n) is 9.47. The predicted octanol–water partition coefficient (Wildman–Crippen LogP) is 3.85. The molecule has 1 aliphatic heterocycles. The number of halogens is 2. The molecule has 3 rings (SSSR count). The van der Waals surface area contributed by atoms with E-state index in [1.54, 1.807) is 6.07 Å². The zero-order valence-electron chi connectivity index (χ0n) is 16.2. The van der Waals surface area contributed by atoms with E-state index in [1.165, 1.54) is 25.7 Å². The molecule has 1 heterocycles. The molecule has 1 spiro atoms. The Kier molecular flexibility index (Phi) is 7.70. The summed E-state index contributed by atoms with van der Waals surface area (Å²) in [5.74, 6) is 0.865. The molecule has 4 nitrogen and oxygen atoms in total. The molecule has 1 aromatic carbocycles. The van der Waals surface area contributed by atoms with Crippen molar-refractivity contribution in [1.82, 2.24) is 15.1 Å². The van der Waals surface area contributed by atoms with E-state index in [9.17, 15) is 4.39 Å². The van der Waals surface area contributed by atoms with Crippen molar-refractivity contribution < 1.29 is 4.39 Å². The number of rotatable bonds is 5. The Labute approximate surface area is 174 Å². The van der Waals surface area contributed by atoms with Gasteiger partial charge in [0.1, 0.15) is 5.82 Å². The highest BCUT2D eigenvalue weighted by molar-refractivity contribution is 14.0. The van der Waals surface area contributed by atoms with Crippen LogP contribution in [-0.4, -0.2) is 49.5 Å². The number of aliphatic imine (C=N–C) groups is 1. The molecule has 1 N–H and O–H groups in total. The number of nitrogens with one attached hydrogen (secondary N) is 1. The summed E-state index contributed by atoms with van der Waals surface area (Å²) in [7, 11) is 3.91. The smallest absolute Gasteiger partial charge is 0.194 e. The molecule has 0 atom stereocenters. The lowest BCUT2D eigenvalue weighted by atomic mass is 9.68. The Bertz CT molecular complexity index is 628. The number of hydrogen-bond acceptors (Lipinski definition) is 2. The van der Waals surface area contributed by atoms with E-state index in [1.807, 2.05) is 31.1 Å². The fourth-order valence-electron chi connectivity index (χ4n) is 3.98. The number of guanidine groups is 1. The van der Waals surface area contributed by atoms with Gasteiger partial charge in [0.05, 0.1) is 6.54 Å². The van der Waals surface area contributed by atoms with Gasteiger partial charge in [-0.05, 0) is 63.4 Å². The maximum Gasteiger partial charge on any atom is 0.194 e. The van der Waals surface area contributed by atoms with Crippen LogP contribution in [0.15, 0.2) is 23.2 Å². The van der Waals surface area contributed by atoms with Gasteiger partial charge in [-0.3, -0.25) is 0 Å². The topological polar surface area (TPSA) is 30.9 Å². The monoisotopic (exact) mass is 474 g/mol. The van der Waals surface area contributed by atoms with Gasteiger partial charge in [-0.15, -0.1) is 24.0 Å². The van der Waals surface area contributed by atoms with Gasteiger partial charge in [-0.1, -0.05) is 12.5 Å². The molecule has 146 valence electrons. The lowest BCUT2D eigenvalue weighted by Gasteiger charge is -2.38. The second-order valence-electron chi connectivity index (χ2n) is 7.86. The van der Waals surface area contributed by atoms with Crippen LogP contribution in [0.25, 0.3) is 0 Å². The minimum absolute atomic E-state index is 0. The van der Waals surface area contributed by atoms with Crippen molar-refractivity contribution >= 4 is 29.9 Å². The molecule has 26 heavy (non-hydrogen) atoms. The van der Waals surface area contributed by atoms with E-state index in [0.29, 0.717) is 18.5 Å². The average molecular weight is 474 g/mol. The summed E-state index contributed by atoms with van der Waals surface area (Å²) in [6, 6.07) is 5.36. The van der Waals surface area contributed by atoms with Gasteiger partial charge >= 0.3 is 0 Å². The average Bonchev–Trinajstić information content (AvgIpc) is 2.99. The Hall–Kier alpha value is -0.890. The molecule has 1 saturated heterocycles. The van der Waals surface area contributed by atoms with Crippen molar-refractivity contribution in [3.63, 3.8) is 0 Å². The molecule has 6 heteroatoms. The van der Waals surface area contributed by atoms with E-state index >= 15 is 0 Å². The summed E-state index contributed by atoms with van der Waals surface area (Å²) in [5, 5.41) is 3.43. The number of benzene rings is 1. The van der Waals surface area contributed by atoms with Crippen LogP contribution >= 0.6 is 24.0 Å². The van der Waals surface area contributed by atoms with Crippen LogP contribution < -0.4 is 5.32 Å². The molecule has 2 fully saturated rings. The largest absolute Gasteiger partial charge is 0.357 e. The fraction of sp³-hybridized carbons (Fsp3) is 0.650. The standard InChI is InChI=1S/C20H31FN4.HI/c1-4-22-19(25-11-10-20(15-25)8-5-9-20)23-13-16-6-7-18(21)17(12-16)14-24(2)3;/h6-7,12H,4-5,8-11,13-15H2,1-3H3,(H,22,23);1H. The molecule has 0 bridgehead atoms. The summed E-state index contributed by atoms with van der Waals surface area (Å²) < 4.78 is 13.9. The van der Waals surface area contributed by atoms with E-state index in [2.05, 4.69) is 17.1 Å². The van der Waals surface area contributed by atoms with Gasteiger partial charge in [0.15, 0.2) is 5.96 Å². The van der Waals surface area contributed by atoms with Crippen LogP contribution in [0.4, 0.5) is 4.39 Å². The molecule has 2 aliphatic rings. The summed E-state index contributed by atoms with van der Waals surface area (Å²) in [5.41, 5.74) is 2.36. The Morgan fingerprint density at radius 3 is 2.65 bits per heavy atom. The highest BCUT2D eigenvalue weighted by Gasteiger charge is 2.43. The van der Waals surface area contributed by atoms with Crippen molar-refractivity contribution in [3.05, 3.63) is 35.1 Å². The second-order valence-corrected chi connectivity index (χ2v) is 7.86. The van der Waals surface area contributed by atoms with Gasteiger partial charge in [-0.25, -0.2) is 9.38 Å². The van der Waals surface area contributed by atoms with Crippen molar-refractivity contribution in [2.75, 3.05) is 33.7 Å². The van der Waals surface area contributed by atoms with Crippen LogP contribution in [-0.2, 0) is 13.1 Å². The third kappa shape index (κ3) is 5.09. The van der Waals surface area contributed by atoms with Crippen LogP contribution in [0, 0.1) is 11.2 Å². The highest BCUT2D eigenvalue weighted by Crippen LogP contribution is 2.47. The number of hydrogen-bond donors (Lipinski definition) is 1. The lowest BCUT2D eigenvalue weighted by molar-refractivity contribution is 0.151. The zero-order valence-corrected chi connectivity index (χ0v) is 18.6. The molecule has 1 aromatic rings. The molecule has 0 unspecified atom stereocenters. The highest BCUT2D eigenvalue weighted by atomic mass is 127. The predicted molar refractivity (Wildman–Crippen MR) is 116 cm³/mol. The third-order valence-corrected chi connectivity index (χ3v) is 5.50. The van der Waals surface area contributed by atoms with Crippen LogP contribution in [0.3, 0.4) is 0 Å². The van der Waals surface area contributed by atoms with Crippen molar-refractivity contribution in [2.45, 2.75) is 45.7 Å². The molecule has 0 radical (unpaired) electrons. The second kappa shape index (κ2) is 9.35. The van der Waals surface area contributed by atoms with Crippen molar-refractivity contribution in [3.8, 4) is 0 Å². The minimum Gasteiger partial charge on any atom is -0.357 e. The maximum atomic E-state index is 13.9. The van der Waals surface area contributed by atoms with E-state index in [0.717, 1.165) is 36.7 Å². The normalized spacial score (nSPS) is 18.8. The maximum absolute atomic E-state index is 13.9. The van der Waals surface area contributed by atoms with Crippen LogP contribution in [0.2, 0.25) is 0 Å². The first-order valence-corrected chi connectivity index (χ1v) is 9.47. The molecule has 1 aliphatic carbocycles. The first kappa shape index (κ1) is 21.4. The Balaban J connectivity index is 0.00000243. The minimum atomic E-state index is -0.139. The zero-order chi connectivity index (χ0) is 17.9. The number of likely N-dealkylation sites (tertiary alicyclic amines) is 1. The molecular formula is C20H32FIN4. The molecular weight excluding hydrogens is 442 g/mol. The summed E-state index contributed by atoms with van der Waals surface area (Å²) >= 11 is 0. The summed E-state index contributed by atoms with van der Waals surface area (Å²) in [6.07, 6.45) is 5.41. The van der Waals surface area contributed by atoms with E-state index in [4.69, 9.17) is 4.99 Å². The van der Waals surface area contributed by atoms with Gasteiger partial charge in [0.2, 0.25) is 0 Å². The summed E-state index contributed by atoms with van der Waals surface area (Å²) in [6.45, 7) is 6.41. The van der Waals surface area contributed by atoms with E-state index < -0.39 is 0 Å². The van der Waals surface area contributed by atoms with Gasteiger partial charge < -0.3 is 15.1 Å². The molecule has 0 aromatic heterocycles. The SMILES string of the molecule is CCNC(=NCc1ccc(F)c(CN(C)C)c1)N1CCC2(CCC2)C1.I. The van der Waals surface area contributed by atoms with Crippen LogP contribution in [0.5, 0.6) is 0 Å². The molecule has 1 saturated carbocycles. The fourth-order valence-corrected chi connectivity index (χ4v) is 3.98. The van der Waals surface area contributed by atoms with Gasteiger partial charge in [0.25, 0.3) is 0 Å². The van der Waals surface area contributed by atoms with Crippen molar-refractivity contribution in [1.29, 1.82) is 0 Å². The van der Waals surface area contributed by atoms with Gasteiger partial charge in [-0.2, -0.15) is 0 Å². The van der Waals surface area contributed by atoms with Gasteiger partial charge in [0, 0.05) is 31.7 Å². The van der Waals surface area contributed by atoms with E-state index in [-0.39, 0.29) is 29.8 Å². The molecule has 0 amide bonds. The first-order chi connectivity index (χ1) is 12.0. The van der Waals surface area contributed by atoms with Crippen molar-refractivity contribution in [2.24, 2.45) is 10.4 Å². The van der Waals surface area contributed by atoms with Crippen LogP contribution in [0.1, 0.15) is 43.7 Å². The summed E-state index contributed by atoms with van der Waals surface area (Å²) in [4.78, 5) is 9.23. The quantitative estimate of drug-likeness (QED) is 0.400. The number of nitrogens with zero attached hydrogens (tertiary/aromatic N) is 3. The third-order valence-electron chi connectivity index (χ3n) is 5.50. The Morgan fingerprint density at radius 2 is 2.08 bits per heavy atom. The lowest BCUT2D eigenvalue weighted by Crippen LogP contribution is -2.42. The Morgan fingerprint density at radius 1 is 1.31 bits per heavy atom.